The fourth-order valence-electron chi connectivity index (χ4n) is 1.72. The Hall–Kier alpha value is -1.46. The molecule has 0 aliphatic rings. The summed E-state index contributed by atoms with van der Waals surface area (Å²) in [6.45, 7) is 0.0288. The van der Waals surface area contributed by atoms with Crippen LogP contribution in [0.25, 0.3) is 11.1 Å². The largest absolute Gasteiger partial charge is 0.326 e. The van der Waals surface area contributed by atoms with Crippen molar-refractivity contribution in [3.8, 4) is 11.1 Å². The molecule has 0 unspecified atom stereocenters. The minimum atomic E-state index is -2.40. The summed E-state index contributed by atoms with van der Waals surface area (Å²) in [4.78, 5) is 0. The number of hydrogen-bond donors (Lipinski definition) is 1. The van der Waals surface area contributed by atoms with Gasteiger partial charge in [0.25, 0.3) is 6.43 Å². The third-order valence-corrected chi connectivity index (χ3v) is 2.51. The summed E-state index contributed by atoms with van der Waals surface area (Å²) in [6, 6.07) is 7.61. The van der Waals surface area contributed by atoms with Crippen LogP contribution in [0.1, 0.15) is 5.56 Å². The van der Waals surface area contributed by atoms with Crippen LogP contribution < -0.4 is 5.73 Å². The van der Waals surface area contributed by atoms with Gasteiger partial charge in [0, 0.05) is 18.3 Å². The molecule has 0 bridgehead atoms. The summed E-state index contributed by atoms with van der Waals surface area (Å²) in [5.41, 5.74) is 8.36. The van der Waals surface area contributed by atoms with E-state index in [1.165, 1.54) is 4.68 Å². The molecule has 0 spiro atoms. The first-order valence-corrected chi connectivity index (χ1v) is 5.29. The van der Waals surface area contributed by atoms with E-state index in [2.05, 4.69) is 5.10 Å². The molecule has 2 rings (SSSR count). The van der Waals surface area contributed by atoms with E-state index >= 15 is 0 Å². The van der Waals surface area contributed by atoms with Crippen molar-refractivity contribution in [2.75, 3.05) is 0 Å². The molecular weight excluding hydrogens is 260 g/mol. The van der Waals surface area contributed by atoms with Gasteiger partial charge >= 0.3 is 0 Å². The topological polar surface area (TPSA) is 43.8 Å². The van der Waals surface area contributed by atoms with Gasteiger partial charge in [-0.2, -0.15) is 5.10 Å². The minimum Gasteiger partial charge on any atom is -0.326 e. The first-order chi connectivity index (χ1) is 8.20. The van der Waals surface area contributed by atoms with Gasteiger partial charge in [0.1, 0.15) is 6.54 Å². The molecule has 0 radical (unpaired) electrons. The Bertz CT molecular complexity index is 500. The van der Waals surface area contributed by atoms with E-state index in [0.29, 0.717) is 6.54 Å². The lowest BCUT2D eigenvalue weighted by Crippen LogP contribution is -2.06. The molecule has 0 saturated carbocycles. The zero-order chi connectivity index (χ0) is 12.3. The van der Waals surface area contributed by atoms with Crippen LogP contribution in [-0.2, 0) is 13.1 Å². The summed E-state index contributed by atoms with van der Waals surface area (Å²) in [7, 11) is 0. The van der Waals surface area contributed by atoms with Crippen molar-refractivity contribution in [1.29, 1.82) is 0 Å². The number of alkyl halides is 2. The number of nitrogens with zero attached hydrogens (tertiary/aromatic N) is 2. The molecule has 18 heavy (non-hydrogen) atoms. The molecule has 0 amide bonds. The van der Waals surface area contributed by atoms with E-state index in [0.717, 1.165) is 16.7 Å². The molecule has 1 aromatic heterocycles. The molecule has 0 saturated heterocycles. The highest BCUT2D eigenvalue weighted by Crippen LogP contribution is 2.22. The van der Waals surface area contributed by atoms with Crippen LogP contribution in [0.3, 0.4) is 0 Å². The first-order valence-electron chi connectivity index (χ1n) is 5.29. The Kier molecular flexibility index (Phi) is 5.25. The number of rotatable bonds is 4. The van der Waals surface area contributed by atoms with E-state index in [1.54, 1.807) is 12.4 Å². The van der Waals surface area contributed by atoms with E-state index in [-0.39, 0.29) is 19.0 Å². The fraction of sp³-hybridized carbons (Fsp3) is 0.250. The van der Waals surface area contributed by atoms with Gasteiger partial charge in [-0.3, -0.25) is 4.68 Å². The van der Waals surface area contributed by atoms with Gasteiger partial charge in [-0.25, -0.2) is 8.78 Å². The summed E-state index contributed by atoms with van der Waals surface area (Å²) in [5.74, 6) is 0. The summed E-state index contributed by atoms with van der Waals surface area (Å²) in [6.07, 6.45) is 0.796. The number of aromatic nitrogens is 2. The molecule has 0 fully saturated rings. The highest BCUT2D eigenvalue weighted by molar-refractivity contribution is 5.85. The fourth-order valence-corrected chi connectivity index (χ4v) is 1.72. The van der Waals surface area contributed by atoms with Crippen LogP contribution in [0.2, 0.25) is 0 Å². The van der Waals surface area contributed by atoms with Crippen LogP contribution in [-0.4, -0.2) is 16.2 Å². The zero-order valence-electron chi connectivity index (χ0n) is 9.59. The van der Waals surface area contributed by atoms with Gasteiger partial charge in [-0.1, -0.05) is 24.3 Å². The Morgan fingerprint density at radius 3 is 2.67 bits per heavy atom. The van der Waals surface area contributed by atoms with Crippen LogP contribution in [0, 0.1) is 0 Å². The lowest BCUT2D eigenvalue weighted by atomic mass is 10.0. The maximum absolute atomic E-state index is 12.2. The van der Waals surface area contributed by atoms with E-state index < -0.39 is 6.43 Å². The predicted octanol–water partition coefficient (Wildman–Crippen LogP) is 2.70. The molecule has 2 aromatic rings. The second kappa shape index (κ2) is 6.47. The standard InChI is InChI=1S/C12H13F2N3.ClH/c13-12(14)8-17-7-10(6-16-17)11-4-2-1-3-9(11)5-15;/h1-4,6-7,12H,5,8,15H2;1H. The van der Waals surface area contributed by atoms with Crippen molar-refractivity contribution >= 4 is 12.4 Å². The zero-order valence-corrected chi connectivity index (χ0v) is 10.4. The molecule has 2 N–H and O–H groups in total. The van der Waals surface area contributed by atoms with Gasteiger partial charge < -0.3 is 5.73 Å². The van der Waals surface area contributed by atoms with Crippen molar-refractivity contribution in [3.05, 3.63) is 42.2 Å². The van der Waals surface area contributed by atoms with Crippen molar-refractivity contribution < 1.29 is 8.78 Å². The monoisotopic (exact) mass is 273 g/mol. The maximum atomic E-state index is 12.2. The summed E-state index contributed by atoms with van der Waals surface area (Å²) < 4.78 is 25.6. The predicted molar refractivity (Wildman–Crippen MR) is 68.8 cm³/mol. The Morgan fingerprint density at radius 2 is 2.00 bits per heavy atom. The maximum Gasteiger partial charge on any atom is 0.257 e. The highest BCUT2D eigenvalue weighted by Gasteiger charge is 2.08. The smallest absolute Gasteiger partial charge is 0.257 e. The summed E-state index contributed by atoms with van der Waals surface area (Å²) >= 11 is 0. The molecule has 0 atom stereocenters. The lowest BCUT2D eigenvalue weighted by molar-refractivity contribution is 0.122. The van der Waals surface area contributed by atoms with E-state index in [4.69, 9.17) is 5.73 Å². The van der Waals surface area contributed by atoms with Crippen molar-refractivity contribution in [3.63, 3.8) is 0 Å². The first kappa shape index (κ1) is 14.6. The molecular formula is C12H14ClF2N3. The highest BCUT2D eigenvalue weighted by atomic mass is 35.5. The van der Waals surface area contributed by atoms with Gasteiger partial charge in [-0.05, 0) is 11.1 Å². The molecule has 1 aromatic carbocycles. The Morgan fingerprint density at radius 1 is 1.28 bits per heavy atom. The lowest BCUT2D eigenvalue weighted by Gasteiger charge is -2.04. The molecule has 0 aliphatic heterocycles. The van der Waals surface area contributed by atoms with Crippen LogP contribution >= 0.6 is 12.4 Å². The summed E-state index contributed by atoms with van der Waals surface area (Å²) in [5, 5.41) is 3.90. The third-order valence-electron chi connectivity index (χ3n) is 2.51. The molecule has 98 valence electrons. The number of nitrogens with two attached hydrogens (primary N) is 1. The van der Waals surface area contributed by atoms with Crippen molar-refractivity contribution in [1.82, 2.24) is 9.78 Å². The van der Waals surface area contributed by atoms with Crippen molar-refractivity contribution in [2.24, 2.45) is 5.73 Å². The normalized spacial score (nSPS) is 10.4. The van der Waals surface area contributed by atoms with Crippen LogP contribution in [0.5, 0.6) is 0 Å². The number of hydrogen-bond acceptors (Lipinski definition) is 2. The molecule has 1 heterocycles. The average molecular weight is 274 g/mol. The van der Waals surface area contributed by atoms with Crippen LogP contribution in [0.15, 0.2) is 36.7 Å². The van der Waals surface area contributed by atoms with Gasteiger partial charge in [0.15, 0.2) is 0 Å². The van der Waals surface area contributed by atoms with E-state index in [1.807, 2.05) is 24.3 Å². The quantitative estimate of drug-likeness (QED) is 0.931. The number of halogens is 3. The molecule has 6 heteroatoms. The third kappa shape index (κ3) is 3.27. The molecule has 3 nitrogen and oxygen atoms in total. The van der Waals surface area contributed by atoms with E-state index in [9.17, 15) is 8.78 Å². The second-order valence-electron chi connectivity index (χ2n) is 3.70. The number of benzene rings is 1. The van der Waals surface area contributed by atoms with Crippen molar-refractivity contribution in [2.45, 2.75) is 19.5 Å². The van der Waals surface area contributed by atoms with Crippen LogP contribution in [0.4, 0.5) is 8.78 Å². The Labute approximate surface area is 110 Å². The SMILES string of the molecule is Cl.NCc1ccccc1-c1cnn(CC(F)F)c1. The average Bonchev–Trinajstić information content (AvgIpc) is 2.76. The van der Waals surface area contributed by atoms with Gasteiger partial charge in [-0.15, -0.1) is 12.4 Å². The van der Waals surface area contributed by atoms with Gasteiger partial charge in [0.2, 0.25) is 0 Å². The van der Waals surface area contributed by atoms with Gasteiger partial charge in [0.05, 0.1) is 6.20 Å². The minimum absolute atomic E-state index is 0. The second-order valence-corrected chi connectivity index (χ2v) is 3.70. The Balaban J connectivity index is 0.00000162. The molecule has 0 aliphatic carbocycles.